The molecule has 1 aromatic heterocycles. The van der Waals surface area contributed by atoms with Gasteiger partial charge in [-0.25, -0.2) is 0 Å². The maximum Gasteiger partial charge on any atom is 0.315 e. The minimum atomic E-state index is -0.238. The fourth-order valence-electron chi connectivity index (χ4n) is 1.39. The fraction of sp³-hybridized carbons (Fsp3) is 0.667. The summed E-state index contributed by atoms with van der Waals surface area (Å²) in [6.45, 7) is 2.30. The second kappa shape index (κ2) is 9.35. The van der Waals surface area contributed by atoms with E-state index in [0.717, 1.165) is 0 Å². The maximum absolute atomic E-state index is 11.5. The standard InChI is InChI=1S/C12H21N5O3S/c1-8(19-2)3-5-20-10(18)7-21-6-4-9-15-11(13)17-12(14)16-9/h8H,3-7H2,1-2H3,(H4,13,14,15,16,17). The van der Waals surface area contributed by atoms with Crippen molar-refractivity contribution in [1.29, 1.82) is 0 Å². The minimum Gasteiger partial charge on any atom is -0.465 e. The van der Waals surface area contributed by atoms with Crippen LogP contribution in [0.1, 0.15) is 19.2 Å². The number of nitrogens with zero attached hydrogens (tertiary/aromatic N) is 3. The zero-order valence-electron chi connectivity index (χ0n) is 12.2. The van der Waals surface area contributed by atoms with Crippen molar-refractivity contribution >= 4 is 29.6 Å². The number of ether oxygens (including phenoxy) is 2. The molecule has 0 amide bonds. The van der Waals surface area contributed by atoms with E-state index in [4.69, 9.17) is 20.9 Å². The van der Waals surface area contributed by atoms with Crippen molar-refractivity contribution in [3.8, 4) is 0 Å². The SMILES string of the molecule is COC(C)CCOC(=O)CSCCc1nc(N)nc(N)n1. The third kappa shape index (κ3) is 7.66. The lowest BCUT2D eigenvalue weighted by atomic mass is 10.3. The first-order chi connectivity index (χ1) is 10.0. The van der Waals surface area contributed by atoms with E-state index >= 15 is 0 Å². The molecular formula is C12H21N5O3S. The summed E-state index contributed by atoms with van der Waals surface area (Å²) in [6, 6.07) is 0. The van der Waals surface area contributed by atoms with Crippen LogP contribution in [0.15, 0.2) is 0 Å². The lowest BCUT2D eigenvalue weighted by Crippen LogP contribution is -2.14. The molecular weight excluding hydrogens is 294 g/mol. The Morgan fingerprint density at radius 1 is 1.29 bits per heavy atom. The zero-order valence-corrected chi connectivity index (χ0v) is 13.1. The molecule has 21 heavy (non-hydrogen) atoms. The highest BCUT2D eigenvalue weighted by atomic mass is 32.2. The molecule has 0 aliphatic carbocycles. The van der Waals surface area contributed by atoms with E-state index in [1.54, 1.807) is 7.11 Å². The van der Waals surface area contributed by atoms with Crippen molar-refractivity contribution in [2.75, 3.05) is 36.7 Å². The van der Waals surface area contributed by atoms with Crippen LogP contribution in [-0.2, 0) is 20.7 Å². The summed E-state index contributed by atoms with van der Waals surface area (Å²) in [5, 5.41) is 0. The van der Waals surface area contributed by atoms with Gasteiger partial charge in [-0.1, -0.05) is 0 Å². The molecule has 0 fully saturated rings. The highest BCUT2D eigenvalue weighted by Gasteiger charge is 2.06. The summed E-state index contributed by atoms with van der Waals surface area (Å²) in [7, 11) is 1.63. The Morgan fingerprint density at radius 3 is 2.57 bits per heavy atom. The Morgan fingerprint density at radius 2 is 1.95 bits per heavy atom. The van der Waals surface area contributed by atoms with E-state index in [-0.39, 0.29) is 29.7 Å². The van der Waals surface area contributed by atoms with Crippen LogP contribution in [0, 0.1) is 0 Å². The summed E-state index contributed by atoms with van der Waals surface area (Å²) in [5.41, 5.74) is 10.9. The lowest BCUT2D eigenvalue weighted by molar-refractivity contribution is -0.141. The highest BCUT2D eigenvalue weighted by Crippen LogP contribution is 2.07. The number of esters is 1. The van der Waals surface area contributed by atoms with Crippen molar-refractivity contribution in [2.24, 2.45) is 0 Å². The molecule has 118 valence electrons. The van der Waals surface area contributed by atoms with Crippen molar-refractivity contribution in [3.63, 3.8) is 0 Å². The molecule has 0 saturated carbocycles. The molecule has 0 aromatic carbocycles. The fourth-order valence-corrected chi connectivity index (χ4v) is 2.11. The average Bonchev–Trinajstić information content (AvgIpc) is 2.42. The Hall–Kier alpha value is -1.61. The van der Waals surface area contributed by atoms with Crippen LogP contribution < -0.4 is 11.5 Å². The van der Waals surface area contributed by atoms with Gasteiger partial charge in [0, 0.05) is 25.7 Å². The number of hydrogen-bond donors (Lipinski definition) is 2. The van der Waals surface area contributed by atoms with Gasteiger partial charge in [0.25, 0.3) is 0 Å². The van der Waals surface area contributed by atoms with Crippen LogP contribution >= 0.6 is 11.8 Å². The van der Waals surface area contributed by atoms with E-state index in [9.17, 15) is 4.79 Å². The second-order valence-electron chi connectivity index (χ2n) is 4.33. The number of methoxy groups -OCH3 is 1. The number of hydrogen-bond acceptors (Lipinski definition) is 9. The third-order valence-electron chi connectivity index (χ3n) is 2.60. The second-order valence-corrected chi connectivity index (χ2v) is 5.43. The van der Waals surface area contributed by atoms with Crippen molar-refractivity contribution in [1.82, 2.24) is 15.0 Å². The Balaban J connectivity index is 2.14. The summed E-state index contributed by atoms with van der Waals surface area (Å²) in [6.07, 6.45) is 1.34. The van der Waals surface area contributed by atoms with Gasteiger partial charge >= 0.3 is 5.97 Å². The molecule has 0 saturated heterocycles. The van der Waals surface area contributed by atoms with Crippen LogP contribution in [-0.4, -0.2) is 52.2 Å². The minimum absolute atomic E-state index is 0.0882. The number of aryl methyl sites for hydroxylation is 1. The van der Waals surface area contributed by atoms with Crippen LogP contribution in [0.5, 0.6) is 0 Å². The van der Waals surface area contributed by atoms with Crippen LogP contribution in [0.2, 0.25) is 0 Å². The predicted octanol–water partition coefficient (Wildman–Crippen LogP) is 0.280. The molecule has 4 N–H and O–H groups in total. The number of rotatable bonds is 9. The molecule has 0 radical (unpaired) electrons. The Bertz CT molecular complexity index is 440. The molecule has 9 heteroatoms. The zero-order chi connectivity index (χ0) is 15.7. The molecule has 8 nitrogen and oxygen atoms in total. The van der Waals surface area contributed by atoms with Gasteiger partial charge in [-0.3, -0.25) is 4.79 Å². The van der Waals surface area contributed by atoms with E-state index in [0.29, 0.717) is 31.0 Å². The average molecular weight is 315 g/mol. The van der Waals surface area contributed by atoms with Crippen molar-refractivity contribution in [3.05, 3.63) is 5.82 Å². The molecule has 1 heterocycles. The molecule has 1 rings (SSSR count). The molecule has 1 aromatic rings. The van der Waals surface area contributed by atoms with E-state index < -0.39 is 0 Å². The smallest absolute Gasteiger partial charge is 0.315 e. The highest BCUT2D eigenvalue weighted by molar-refractivity contribution is 7.99. The van der Waals surface area contributed by atoms with Gasteiger partial charge in [-0.15, -0.1) is 11.8 Å². The first-order valence-corrected chi connectivity index (χ1v) is 7.68. The lowest BCUT2D eigenvalue weighted by Gasteiger charge is -2.09. The normalized spacial score (nSPS) is 12.1. The molecule has 0 aliphatic heterocycles. The summed E-state index contributed by atoms with van der Waals surface area (Å²) < 4.78 is 10.1. The van der Waals surface area contributed by atoms with Crippen LogP contribution in [0.4, 0.5) is 11.9 Å². The monoisotopic (exact) mass is 315 g/mol. The summed E-state index contributed by atoms with van der Waals surface area (Å²) in [5.74, 6) is 1.46. The molecule has 0 spiro atoms. The van der Waals surface area contributed by atoms with Gasteiger partial charge in [0.2, 0.25) is 11.9 Å². The molecule has 1 atom stereocenters. The number of aromatic nitrogens is 3. The van der Waals surface area contributed by atoms with Gasteiger partial charge in [-0.05, 0) is 6.92 Å². The van der Waals surface area contributed by atoms with Gasteiger partial charge < -0.3 is 20.9 Å². The first kappa shape index (κ1) is 17.4. The Labute approximate surface area is 128 Å². The predicted molar refractivity (Wildman–Crippen MR) is 81.7 cm³/mol. The van der Waals surface area contributed by atoms with E-state index in [1.165, 1.54) is 11.8 Å². The molecule has 0 bridgehead atoms. The van der Waals surface area contributed by atoms with Gasteiger partial charge in [-0.2, -0.15) is 15.0 Å². The topological polar surface area (TPSA) is 126 Å². The van der Waals surface area contributed by atoms with Crippen molar-refractivity contribution < 1.29 is 14.3 Å². The third-order valence-corrected chi connectivity index (χ3v) is 3.53. The van der Waals surface area contributed by atoms with Gasteiger partial charge in [0.1, 0.15) is 5.82 Å². The van der Waals surface area contributed by atoms with Crippen LogP contribution in [0.3, 0.4) is 0 Å². The quantitative estimate of drug-likeness (QED) is 0.488. The van der Waals surface area contributed by atoms with Crippen LogP contribution in [0.25, 0.3) is 0 Å². The first-order valence-electron chi connectivity index (χ1n) is 6.53. The Kier molecular flexibility index (Phi) is 7.76. The number of nitrogens with two attached hydrogens (primary N) is 2. The van der Waals surface area contributed by atoms with Gasteiger partial charge in [0.05, 0.1) is 18.5 Å². The number of carbonyl (C=O) groups excluding carboxylic acids is 1. The number of thioether (sulfide) groups is 1. The summed E-state index contributed by atoms with van der Waals surface area (Å²) in [4.78, 5) is 23.1. The van der Waals surface area contributed by atoms with E-state index in [1.807, 2.05) is 6.92 Å². The molecule has 0 aliphatic rings. The largest absolute Gasteiger partial charge is 0.465 e. The molecule has 1 unspecified atom stereocenters. The number of carbonyl (C=O) groups is 1. The van der Waals surface area contributed by atoms with Gasteiger partial charge in [0.15, 0.2) is 0 Å². The number of nitrogen functional groups attached to an aromatic ring is 2. The van der Waals surface area contributed by atoms with Crippen molar-refractivity contribution in [2.45, 2.75) is 25.9 Å². The summed E-state index contributed by atoms with van der Waals surface area (Å²) >= 11 is 1.44. The number of anilines is 2. The maximum atomic E-state index is 11.5. The van der Waals surface area contributed by atoms with E-state index in [2.05, 4.69) is 15.0 Å².